The van der Waals surface area contributed by atoms with Gasteiger partial charge in [-0.3, -0.25) is 0 Å². The molecule has 0 saturated heterocycles. The van der Waals surface area contributed by atoms with Crippen LogP contribution in [0.5, 0.6) is 0 Å². The van der Waals surface area contributed by atoms with Gasteiger partial charge in [-0.2, -0.15) is 0 Å². The largest absolute Gasteiger partial charge is 0.398 e. The molecule has 2 aromatic carbocycles. The summed E-state index contributed by atoms with van der Waals surface area (Å²) in [6, 6.07) is 12.3. The number of hydrogen-bond acceptors (Lipinski definition) is 2. The summed E-state index contributed by atoms with van der Waals surface area (Å²) in [5.74, 6) is 0.775. The molecule has 0 aliphatic heterocycles. The van der Waals surface area contributed by atoms with Crippen LogP contribution in [0.3, 0.4) is 0 Å². The van der Waals surface area contributed by atoms with Gasteiger partial charge < -0.3 is 11.5 Å². The molecule has 2 nitrogen and oxygen atoms in total. The monoisotopic (exact) mass is 336 g/mol. The van der Waals surface area contributed by atoms with Crippen LogP contribution in [0, 0.1) is 19.8 Å². The van der Waals surface area contributed by atoms with Gasteiger partial charge in [0, 0.05) is 16.8 Å². The molecule has 1 aliphatic rings. The molecule has 1 fully saturated rings. The van der Waals surface area contributed by atoms with E-state index in [4.69, 9.17) is 11.5 Å². The van der Waals surface area contributed by atoms with Crippen molar-refractivity contribution >= 4 is 11.8 Å². The number of nitrogen functional groups attached to an aromatic ring is 1. The van der Waals surface area contributed by atoms with Gasteiger partial charge in [0.15, 0.2) is 0 Å². The standard InChI is InChI=1S/C16H17N.C5H11N.C2H4/c1-4-13-7-5-6-8-14(13)15-9-11(2)12(3)10-16(15)17;1-4-3-5(4,2)6;1-2/h4-10H,1,17H2,2-3H3;4H,3,6H2,1-2H3;1-2H2. The van der Waals surface area contributed by atoms with Crippen LogP contribution >= 0.6 is 0 Å². The van der Waals surface area contributed by atoms with Gasteiger partial charge in [-0.1, -0.05) is 43.8 Å². The number of rotatable bonds is 2. The zero-order chi connectivity index (χ0) is 19.2. The van der Waals surface area contributed by atoms with Crippen molar-refractivity contribution in [3.8, 4) is 11.1 Å². The summed E-state index contributed by atoms with van der Waals surface area (Å²) in [5.41, 5.74) is 18.6. The zero-order valence-electron chi connectivity index (χ0n) is 16.1. The molecule has 0 heterocycles. The topological polar surface area (TPSA) is 52.0 Å². The van der Waals surface area contributed by atoms with E-state index in [1.165, 1.54) is 17.5 Å². The molecule has 1 saturated carbocycles. The summed E-state index contributed by atoms with van der Waals surface area (Å²) < 4.78 is 0. The molecular formula is C23H32N2. The highest BCUT2D eigenvalue weighted by atomic mass is 14.8. The summed E-state index contributed by atoms with van der Waals surface area (Å²) in [7, 11) is 0. The summed E-state index contributed by atoms with van der Waals surface area (Å²) >= 11 is 0. The average Bonchev–Trinajstić information content (AvgIpc) is 3.16. The van der Waals surface area contributed by atoms with Crippen molar-refractivity contribution < 1.29 is 0 Å². The molecule has 134 valence electrons. The number of nitrogens with two attached hydrogens (primary N) is 2. The maximum atomic E-state index is 6.11. The minimum Gasteiger partial charge on any atom is -0.398 e. The van der Waals surface area contributed by atoms with E-state index in [2.05, 4.69) is 65.6 Å². The van der Waals surface area contributed by atoms with E-state index in [9.17, 15) is 0 Å². The third-order valence-corrected chi connectivity index (χ3v) is 4.85. The second-order valence-electron chi connectivity index (χ2n) is 6.93. The van der Waals surface area contributed by atoms with Crippen LogP contribution in [0.1, 0.15) is 37.0 Å². The highest BCUT2D eigenvalue weighted by Crippen LogP contribution is 2.39. The molecule has 2 atom stereocenters. The lowest BCUT2D eigenvalue weighted by molar-refractivity contribution is 0.686. The second kappa shape index (κ2) is 8.68. The first-order valence-electron chi connectivity index (χ1n) is 8.63. The Bertz CT molecular complexity index is 729. The minimum absolute atomic E-state index is 0.208. The fourth-order valence-electron chi connectivity index (χ4n) is 2.59. The smallest absolute Gasteiger partial charge is 0.0396 e. The van der Waals surface area contributed by atoms with E-state index in [1.807, 2.05) is 24.3 Å². The summed E-state index contributed by atoms with van der Waals surface area (Å²) in [5, 5.41) is 0. The van der Waals surface area contributed by atoms with Crippen molar-refractivity contribution in [3.63, 3.8) is 0 Å². The summed E-state index contributed by atoms with van der Waals surface area (Å²) in [6.07, 6.45) is 3.08. The van der Waals surface area contributed by atoms with E-state index in [-0.39, 0.29) is 5.54 Å². The van der Waals surface area contributed by atoms with E-state index in [0.29, 0.717) is 0 Å². The maximum Gasteiger partial charge on any atom is 0.0396 e. The van der Waals surface area contributed by atoms with Gasteiger partial charge in [0.05, 0.1) is 0 Å². The Kier molecular flexibility index (Phi) is 7.20. The van der Waals surface area contributed by atoms with E-state index < -0.39 is 0 Å². The molecule has 1 aliphatic carbocycles. The fourth-order valence-corrected chi connectivity index (χ4v) is 2.59. The lowest BCUT2D eigenvalue weighted by atomic mass is 9.95. The Morgan fingerprint density at radius 2 is 1.56 bits per heavy atom. The van der Waals surface area contributed by atoms with Crippen LogP contribution in [0.15, 0.2) is 56.1 Å². The normalized spacial score (nSPS) is 20.4. The second-order valence-corrected chi connectivity index (χ2v) is 6.93. The molecule has 2 heteroatoms. The van der Waals surface area contributed by atoms with Gasteiger partial charge in [0.1, 0.15) is 0 Å². The molecular weight excluding hydrogens is 304 g/mol. The molecule has 2 aromatic rings. The van der Waals surface area contributed by atoms with Crippen molar-refractivity contribution in [1.29, 1.82) is 0 Å². The van der Waals surface area contributed by atoms with Crippen LogP contribution in [0.4, 0.5) is 5.69 Å². The number of aryl methyl sites for hydroxylation is 2. The first kappa shape index (κ1) is 20.7. The Morgan fingerprint density at radius 1 is 1.08 bits per heavy atom. The van der Waals surface area contributed by atoms with Crippen LogP contribution in [0.2, 0.25) is 0 Å². The van der Waals surface area contributed by atoms with Gasteiger partial charge in [0.2, 0.25) is 0 Å². The summed E-state index contributed by atoms with van der Waals surface area (Å²) in [6.45, 7) is 18.3. The Balaban J connectivity index is 0.000000326. The summed E-state index contributed by atoms with van der Waals surface area (Å²) in [4.78, 5) is 0. The molecule has 0 spiro atoms. The predicted molar refractivity (Wildman–Crippen MR) is 113 cm³/mol. The molecule has 0 aromatic heterocycles. The van der Waals surface area contributed by atoms with Crippen molar-refractivity contribution in [2.45, 2.75) is 39.7 Å². The SMILES string of the molecule is C=C.C=Cc1ccccc1-c1cc(C)c(C)cc1N.CC1CC1(C)N. The first-order valence-corrected chi connectivity index (χ1v) is 8.63. The van der Waals surface area contributed by atoms with Gasteiger partial charge in [-0.15, -0.1) is 13.2 Å². The molecule has 3 rings (SSSR count). The van der Waals surface area contributed by atoms with E-state index in [1.54, 1.807) is 0 Å². The van der Waals surface area contributed by atoms with Crippen molar-refractivity contribution in [2.24, 2.45) is 11.7 Å². The molecule has 25 heavy (non-hydrogen) atoms. The van der Waals surface area contributed by atoms with Crippen molar-refractivity contribution in [3.05, 3.63) is 72.8 Å². The number of anilines is 1. The molecule has 0 amide bonds. The van der Waals surface area contributed by atoms with E-state index in [0.717, 1.165) is 28.3 Å². The van der Waals surface area contributed by atoms with Crippen LogP contribution in [-0.4, -0.2) is 5.54 Å². The number of hydrogen-bond donors (Lipinski definition) is 2. The Labute approximate surface area is 153 Å². The van der Waals surface area contributed by atoms with Gasteiger partial charge in [-0.05, 0) is 67.5 Å². The number of benzene rings is 2. The van der Waals surface area contributed by atoms with Crippen LogP contribution in [0.25, 0.3) is 17.2 Å². The van der Waals surface area contributed by atoms with Crippen molar-refractivity contribution in [2.75, 3.05) is 5.73 Å². The average molecular weight is 337 g/mol. The lowest BCUT2D eigenvalue weighted by Gasteiger charge is -2.12. The Morgan fingerprint density at radius 3 is 2.04 bits per heavy atom. The molecule has 0 bridgehead atoms. The quantitative estimate of drug-likeness (QED) is 0.542. The highest BCUT2D eigenvalue weighted by molar-refractivity contribution is 5.83. The third kappa shape index (κ3) is 5.33. The lowest BCUT2D eigenvalue weighted by Crippen LogP contribution is -2.18. The fraction of sp³-hybridized carbons (Fsp3) is 0.304. The van der Waals surface area contributed by atoms with Gasteiger partial charge in [0.25, 0.3) is 0 Å². The molecule has 4 N–H and O–H groups in total. The van der Waals surface area contributed by atoms with Crippen LogP contribution in [-0.2, 0) is 0 Å². The predicted octanol–water partition coefficient (Wildman–Crippen LogP) is 5.74. The highest BCUT2D eigenvalue weighted by Gasteiger charge is 2.42. The van der Waals surface area contributed by atoms with E-state index >= 15 is 0 Å². The zero-order valence-corrected chi connectivity index (χ0v) is 16.1. The first-order chi connectivity index (χ1) is 11.8. The van der Waals surface area contributed by atoms with Gasteiger partial charge >= 0.3 is 0 Å². The Hall–Kier alpha value is -2.32. The molecule has 2 unspecified atom stereocenters. The minimum atomic E-state index is 0.208. The molecule has 0 radical (unpaired) electrons. The van der Waals surface area contributed by atoms with Crippen LogP contribution < -0.4 is 11.5 Å². The van der Waals surface area contributed by atoms with Gasteiger partial charge in [-0.25, -0.2) is 0 Å². The van der Waals surface area contributed by atoms with Crippen molar-refractivity contribution in [1.82, 2.24) is 0 Å². The third-order valence-electron chi connectivity index (χ3n) is 4.85. The maximum absolute atomic E-state index is 6.11.